The lowest BCUT2D eigenvalue weighted by Gasteiger charge is -2.40. The van der Waals surface area contributed by atoms with Crippen molar-refractivity contribution in [3.63, 3.8) is 0 Å². The molecule has 2 aromatic heterocycles. The molecule has 12 rings (SSSR count). The normalized spacial score (nSPS) is 19.5. The van der Waals surface area contributed by atoms with Gasteiger partial charge in [-0.15, -0.1) is 9.15 Å². The van der Waals surface area contributed by atoms with Crippen LogP contribution in [0.4, 0.5) is 46.8 Å². The molecule has 8 heterocycles. The van der Waals surface area contributed by atoms with E-state index in [1.807, 2.05) is 0 Å². The first-order valence-electron chi connectivity index (χ1n) is 14.6. The molecule has 0 aliphatic carbocycles. The molecule has 1 unspecified atom stereocenters. The first-order valence-corrected chi connectivity index (χ1v) is 14.6. The van der Waals surface area contributed by atoms with Crippen molar-refractivity contribution in [3.05, 3.63) is 128 Å². The Balaban J connectivity index is 1.45. The third kappa shape index (κ3) is 2.33. The van der Waals surface area contributed by atoms with Gasteiger partial charge in [0.2, 0.25) is 22.6 Å². The van der Waals surface area contributed by atoms with Crippen LogP contribution in [0.2, 0.25) is 0 Å². The standard InChI is InChI=1S/C33H8F8N8/c34-17-13-15(19(36)23(40)21(17)38)31-45-32-16-14(18(35)22(39)24(41)20(16)37)30-44-28-12-8-4-2-6-10(12)26-42-25-9-5-1-3-7-11(9)27-43-29(13)48(31)33(46(25)27,47(26)28)49(30)32/h1-8H/q+2. The van der Waals surface area contributed by atoms with Crippen LogP contribution in [-0.4, -0.2) is 41.6 Å². The summed E-state index contributed by atoms with van der Waals surface area (Å²) < 4.78 is 129. The van der Waals surface area contributed by atoms with E-state index in [4.69, 9.17) is 4.99 Å². The van der Waals surface area contributed by atoms with Crippen molar-refractivity contribution < 1.29 is 44.3 Å². The highest BCUT2D eigenvalue weighted by Gasteiger charge is 2.70. The zero-order valence-electron chi connectivity index (χ0n) is 23.7. The van der Waals surface area contributed by atoms with Gasteiger partial charge in [0, 0.05) is 10.8 Å². The van der Waals surface area contributed by atoms with Crippen molar-refractivity contribution in [1.29, 1.82) is 0 Å². The van der Waals surface area contributed by atoms with Gasteiger partial charge in [-0.1, -0.05) is 44.2 Å². The predicted octanol–water partition coefficient (Wildman–Crippen LogP) is 4.82. The molecule has 0 bridgehead atoms. The van der Waals surface area contributed by atoms with E-state index >= 15 is 35.1 Å². The molecule has 8 nitrogen and oxygen atoms in total. The number of amidine groups is 4. The number of aromatic nitrogens is 2. The summed E-state index contributed by atoms with van der Waals surface area (Å²) in [6.07, 6.45) is 0. The molecule has 0 amide bonds. The Kier molecular flexibility index (Phi) is 3.96. The second-order valence-corrected chi connectivity index (χ2v) is 12.1. The summed E-state index contributed by atoms with van der Waals surface area (Å²) in [5.41, 5.74) is -0.375. The van der Waals surface area contributed by atoms with Gasteiger partial charge in [-0.05, 0) is 24.3 Å². The summed E-state index contributed by atoms with van der Waals surface area (Å²) in [6, 6.07) is 13.7. The third-order valence-electron chi connectivity index (χ3n) is 9.99. The Morgan fingerprint density at radius 2 is 0.959 bits per heavy atom. The molecule has 49 heavy (non-hydrogen) atoms. The molecule has 0 saturated carbocycles. The van der Waals surface area contributed by atoms with Crippen LogP contribution >= 0.6 is 0 Å². The number of nitrogens with zero attached hydrogens (tertiary/aromatic N) is 8. The molecule has 4 aromatic carbocycles. The fourth-order valence-corrected chi connectivity index (χ4v) is 8.18. The van der Waals surface area contributed by atoms with Gasteiger partial charge in [-0.3, -0.25) is 0 Å². The van der Waals surface area contributed by atoms with Crippen molar-refractivity contribution in [3.8, 4) is 0 Å². The highest BCUT2D eigenvalue weighted by atomic mass is 19.2. The fourth-order valence-electron chi connectivity index (χ4n) is 8.18. The summed E-state index contributed by atoms with van der Waals surface area (Å²) in [5.74, 6) is -19.5. The maximum absolute atomic E-state index is 16.0. The minimum atomic E-state index is -2.15. The largest absolute Gasteiger partial charge is 0.404 e. The maximum atomic E-state index is 16.0. The molecule has 234 valence electrons. The monoisotopic (exact) mass is 668 g/mol. The summed E-state index contributed by atoms with van der Waals surface area (Å²) in [7, 11) is 0. The van der Waals surface area contributed by atoms with Gasteiger partial charge in [0.05, 0.1) is 21.9 Å². The molecule has 0 fully saturated rings. The van der Waals surface area contributed by atoms with Gasteiger partial charge in [0.25, 0.3) is 23.3 Å². The Morgan fingerprint density at radius 1 is 0.469 bits per heavy atom. The van der Waals surface area contributed by atoms with Crippen LogP contribution in [0.3, 0.4) is 0 Å². The number of hydrogen-bond donors (Lipinski definition) is 0. The highest BCUT2D eigenvalue weighted by Crippen LogP contribution is 2.54. The van der Waals surface area contributed by atoms with E-state index < -0.39 is 97.7 Å². The number of hydrogen-bond acceptors (Lipinski definition) is 4. The smallest absolute Gasteiger partial charge is 0.203 e. The van der Waals surface area contributed by atoms with Crippen LogP contribution in [0.15, 0.2) is 68.5 Å². The van der Waals surface area contributed by atoms with E-state index in [1.54, 1.807) is 48.5 Å². The van der Waals surface area contributed by atoms with E-state index in [-0.39, 0.29) is 22.6 Å². The van der Waals surface area contributed by atoms with Gasteiger partial charge < -0.3 is 0 Å². The average molecular weight is 668 g/mol. The van der Waals surface area contributed by atoms with Gasteiger partial charge in [0.1, 0.15) is 11.1 Å². The zero-order chi connectivity index (χ0) is 33.2. The van der Waals surface area contributed by atoms with Gasteiger partial charge in [-0.2, -0.15) is 9.13 Å². The average Bonchev–Trinajstić information content (AvgIpc) is 3.83. The molecule has 16 heteroatoms. The van der Waals surface area contributed by atoms with E-state index in [0.717, 1.165) is 0 Å². The van der Waals surface area contributed by atoms with Gasteiger partial charge in [0.15, 0.2) is 46.5 Å². The molecule has 6 aliphatic heterocycles. The van der Waals surface area contributed by atoms with Crippen molar-refractivity contribution in [2.75, 3.05) is 0 Å². The molecule has 1 spiro atoms. The molecular formula is C33H8F8N8+2. The molecule has 6 aromatic rings. The van der Waals surface area contributed by atoms with E-state index in [9.17, 15) is 0 Å². The van der Waals surface area contributed by atoms with Crippen LogP contribution in [0.25, 0.3) is 21.5 Å². The maximum Gasteiger partial charge on any atom is 0.404 e. The van der Waals surface area contributed by atoms with E-state index in [0.29, 0.717) is 21.9 Å². The van der Waals surface area contributed by atoms with E-state index in [2.05, 4.69) is 15.0 Å². The van der Waals surface area contributed by atoms with Crippen molar-refractivity contribution in [2.45, 2.75) is 5.91 Å². The van der Waals surface area contributed by atoms with Crippen molar-refractivity contribution in [1.82, 2.24) is 9.13 Å². The summed E-state index contributed by atoms with van der Waals surface area (Å²) in [6.45, 7) is 0. The van der Waals surface area contributed by atoms with Crippen LogP contribution in [0.1, 0.15) is 22.3 Å². The highest BCUT2D eigenvalue weighted by molar-refractivity contribution is 6.20. The second kappa shape index (κ2) is 7.53. The van der Waals surface area contributed by atoms with Crippen LogP contribution < -0.4 is 11.0 Å². The topological polar surface area (TPSA) is 65.3 Å². The second-order valence-electron chi connectivity index (χ2n) is 12.1. The molecule has 0 radical (unpaired) electrons. The summed E-state index contributed by atoms with van der Waals surface area (Å²) >= 11 is 0. The van der Waals surface area contributed by atoms with Crippen molar-refractivity contribution in [2.24, 2.45) is 20.0 Å². The van der Waals surface area contributed by atoms with Crippen LogP contribution in [0, 0.1) is 46.5 Å². The van der Waals surface area contributed by atoms with Crippen molar-refractivity contribution >= 4 is 56.5 Å². The number of benzene rings is 4. The predicted molar refractivity (Wildman–Crippen MR) is 153 cm³/mol. The first kappa shape index (κ1) is 25.7. The molecule has 0 N–H and O–H groups in total. The number of halogens is 8. The van der Waals surface area contributed by atoms with Gasteiger partial charge >= 0.3 is 5.91 Å². The Labute approximate surface area is 264 Å². The Morgan fingerprint density at radius 3 is 1.59 bits per heavy atom. The first-order chi connectivity index (χ1) is 23.7. The SMILES string of the molecule is Fc1c(F)c(F)c2c(c1F)C1=Nc3c4c(F)c(F)c(F)c(F)c4c4n3C35n6c(c7ccccc7c6=NC2=[N+]13)=NC1=[N+]5C(=N4)c2ccccc21. The fraction of sp³-hybridized carbons (Fsp3) is 0.0303. The Bertz CT molecular complexity index is 3090. The van der Waals surface area contributed by atoms with E-state index in [1.165, 1.54) is 18.3 Å². The number of rotatable bonds is 0. The third-order valence-corrected chi connectivity index (χ3v) is 9.99. The molecular weight excluding hydrogens is 660 g/mol. The van der Waals surface area contributed by atoms with Crippen LogP contribution in [0.5, 0.6) is 0 Å². The summed E-state index contributed by atoms with van der Waals surface area (Å²) in [5, 5.41) is -0.685. The quantitative estimate of drug-likeness (QED) is 0.0966. The lowest BCUT2D eigenvalue weighted by Crippen LogP contribution is -2.71. The zero-order valence-corrected chi connectivity index (χ0v) is 23.7. The Hall–Kier alpha value is -6.32. The minimum Gasteiger partial charge on any atom is -0.203 e. The molecule has 0 saturated heterocycles. The lowest BCUT2D eigenvalue weighted by atomic mass is 10.1. The van der Waals surface area contributed by atoms with Crippen LogP contribution in [-0.2, 0) is 5.91 Å². The molecule has 6 aliphatic rings. The van der Waals surface area contributed by atoms with Gasteiger partial charge in [-0.25, -0.2) is 35.1 Å². The number of fused-ring (bicyclic) bond motifs is 12. The number of aliphatic imine (C=N–C) groups is 2. The minimum absolute atomic E-state index is 0.0726. The summed E-state index contributed by atoms with van der Waals surface area (Å²) in [4.78, 5) is 18.8. The molecule has 1 atom stereocenters. The lowest BCUT2D eigenvalue weighted by molar-refractivity contribution is -0.790.